The lowest BCUT2D eigenvalue weighted by Crippen LogP contribution is -2.44. The van der Waals surface area contributed by atoms with Crippen LogP contribution in [0, 0.1) is 12.7 Å². The Morgan fingerprint density at radius 2 is 2.03 bits per heavy atom. The van der Waals surface area contributed by atoms with E-state index in [2.05, 4.69) is 47.2 Å². The molecule has 182 valence electrons. The van der Waals surface area contributed by atoms with Gasteiger partial charge in [0.15, 0.2) is 0 Å². The van der Waals surface area contributed by atoms with Gasteiger partial charge in [0.1, 0.15) is 17.6 Å². The summed E-state index contributed by atoms with van der Waals surface area (Å²) in [6.45, 7) is 5.13. The molecule has 2 aromatic heterocycles. The van der Waals surface area contributed by atoms with Gasteiger partial charge in [-0.3, -0.25) is 4.79 Å². The van der Waals surface area contributed by atoms with Crippen molar-refractivity contribution in [3.8, 4) is 0 Å². The molecule has 2 atom stereocenters. The van der Waals surface area contributed by atoms with Gasteiger partial charge in [0.05, 0.1) is 31.9 Å². The van der Waals surface area contributed by atoms with E-state index < -0.39 is 0 Å². The fourth-order valence-corrected chi connectivity index (χ4v) is 5.29. The minimum atomic E-state index is -0.357. The summed E-state index contributed by atoms with van der Waals surface area (Å²) >= 11 is 6.82. The van der Waals surface area contributed by atoms with Crippen molar-refractivity contribution in [1.82, 2.24) is 24.9 Å². The Morgan fingerprint density at radius 1 is 1.26 bits per heavy atom. The summed E-state index contributed by atoms with van der Waals surface area (Å²) < 4.78 is 23.5. The molecule has 4 aromatic rings. The van der Waals surface area contributed by atoms with Crippen LogP contribution in [0.1, 0.15) is 41.5 Å². The number of aryl methyl sites for hydroxylation is 1. The molecule has 2 aromatic carbocycles. The number of nitrogens with zero attached hydrogens (tertiary/aromatic N) is 4. The number of halogens is 3. The highest BCUT2D eigenvalue weighted by atomic mass is 79.9. The van der Waals surface area contributed by atoms with Crippen molar-refractivity contribution in [1.29, 1.82) is 0 Å². The standard InChI is InChI=1S/C25H24Br2FN5O2/c1-14-19(20-9-16(26)4-6-22(20)29-14)11-25(34)32-7-8-35-13-24(32)23-12-33(31-30-23)15(2)18-5-3-17(27)10-21(18)28/h3-6,9-10,12,15,24,29H,7-8,11,13H2,1-2H3/t15-,24?/m1/s1. The smallest absolute Gasteiger partial charge is 0.227 e. The number of aromatic nitrogens is 4. The summed E-state index contributed by atoms with van der Waals surface area (Å²) in [4.78, 5) is 18.7. The Morgan fingerprint density at radius 3 is 2.83 bits per heavy atom. The molecule has 1 N–H and O–H groups in total. The van der Waals surface area contributed by atoms with E-state index in [0.29, 0.717) is 35.5 Å². The predicted molar refractivity (Wildman–Crippen MR) is 138 cm³/mol. The molecule has 1 saturated heterocycles. The number of ether oxygens (including phenoxy) is 1. The third kappa shape index (κ3) is 4.79. The monoisotopic (exact) mass is 603 g/mol. The molecule has 0 aliphatic carbocycles. The normalized spacial score (nSPS) is 17.2. The van der Waals surface area contributed by atoms with Crippen LogP contribution in [0.25, 0.3) is 10.9 Å². The van der Waals surface area contributed by atoms with Gasteiger partial charge in [0, 0.05) is 37.7 Å². The number of amides is 1. The van der Waals surface area contributed by atoms with E-state index in [1.165, 1.54) is 6.07 Å². The molecule has 1 unspecified atom stereocenters. The van der Waals surface area contributed by atoms with Gasteiger partial charge in [-0.05, 0) is 49.7 Å². The second-order valence-electron chi connectivity index (χ2n) is 8.74. The number of carbonyl (C=O) groups excluding carboxylic acids is 1. The van der Waals surface area contributed by atoms with Gasteiger partial charge >= 0.3 is 0 Å². The molecule has 10 heteroatoms. The van der Waals surface area contributed by atoms with E-state index in [1.807, 2.05) is 36.9 Å². The lowest BCUT2D eigenvalue weighted by Gasteiger charge is -2.34. The van der Waals surface area contributed by atoms with Crippen LogP contribution in [0.15, 0.2) is 51.5 Å². The Labute approximate surface area is 218 Å². The Hall–Kier alpha value is -2.56. The highest BCUT2D eigenvalue weighted by Crippen LogP contribution is 2.30. The van der Waals surface area contributed by atoms with E-state index >= 15 is 0 Å². The molecule has 35 heavy (non-hydrogen) atoms. The average molecular weight is 605 g/mol. The van der Waals surface area contributed by atoms with E-state index in [-0.39, 0.29) is 30.2 Å². The molecule has 0 bridgehead atoms. The molecule has 5 rings (SSSR count). The van der Waals surface area contributed by atoms with Gasteiger partial charge < -0.3 is 14.6 Å². The minimum absolute atomic E-state index is 0.00354. The van der Waals surface area contributed by atoms with Crippen LogP contribution in [0.4, 0.5) is 4.39 Å². The van der Waals surface area contributed by atoms with E-state index in [1.54, 1.807) is 23.0 Å². The lowest BCUT2D eigenvalue weighted by atomic mass is 10.1. The first kappa shape index (κ1) is 24.1. The number of carbonyl (C=O) groups is 1. The van der Waals surface area contributed by atoms with Gasteiger partial charge in [0.2, 0.25) is 5.91 Å². The van der Waals surface area contributed by atoms with Crippen molar-refractivity contribution in [2.45, 2.75) is 32.4 Å². The maximum atomic E-state index is 14.5. The SMILES string of the molecule is Cc1[nH]c2ccc(Br)cc2c1CC(=O)N1CCOCC1c1cn([C@H](C)c2ccc(Br)cc2F)nn1. The van der Waals surface area contributed by atoms with Crippen LogP contribution in [0.5, 0.6) is 0 Å². The molecule has 7 nitrogen and oxygen atoms in total. The highest BCUT2D eigenvalue weighted by Gasteiger charge is 2.32. The molecule has 1 aliphatic heterocycles. The van der Waals surface area contributed by atoms with Crippen molar-refractivity contribution >= 4 is 48.7 Å². The van der Waals surface area contributed by atoms with Crippen molar-refractivity contribution < 1.29 is 13.9 Å². The Balaban J connectivity index is 1.39. The van der Waals surface area contributed by atoms with Gasteiger partial charge in [0.25, 0.3) is 0 Å². The van der Waals surface area contributed by atoms with Crippen molar-refractivity contribution in [2.75, 3.05) is 19.8 Å². The van der Waals surface area contributed by atoms with Crippen LogP contribution >= 0.6 is 31.9 Å². The van der Waals surface area contributed by atoms with Crippen LogP contribution in [0.2, 0.25) is 0 Å². The maximum Gasteiger partial charge on any atom is 0.227 e. The van der Waals surface area contributed by atoms with Gasteiger partial charge in [-0.2, -0.15) is 0 Å². The topological polar surface area (TPSA) is 76.0 Å². The number of rotatable bonds is 5. The first-order chi connectivity index (χ1) is 16.8. The number of fused-ring (bicyclic) bond motifs is 1. The second-order valence-corrected chi connectivity index (χ2v) is 10.6. The largest absolute Gasteiger partial charge is 0.377 e. The zero-order valence-electron chi connectivity index (χ0n) is 19.3. The zero-order valence-corrected chi connectivity index (χ0v) is 22.4. The van der Waals surface area contributed by atoms with Crippen LogP contribution in [0.3, 0.4) is 0 Å². The molecule has 1 aliphatic rings. The predicted octanol–water partition coefficient (Wildman–Crippen LogP) is 5.48. The molecule has 1 amide bonds. The minimum Gasteiger partial charge on any atom is -0.377 e. The van der Waals surface area contributed by atoms with E-state index in [4.69, 9.17) is 4.74 Å². The summed E-state index contributed by atoms with van der Waals surface area (Å²) in [7, 11) is 0. The van der Waals surface area contributed by atoms with Gasteiger partial charge in [-0.1, -0.05) is 43.1 Å². The van der Waals surface area contributed by atoms with E-state index in [9.17, 15) is 9.18 Å². The number of hydrogen-bond donors (Lipinski definition) is 1. The molecule has 3 heterocycles. The molecule has 0 saturated carbocycles. The first-order valence-corrected chi connectivity index (χ1v) is 12.9. The van der Waals surface area contributed by atoms with Gasteiger partial charge in [-0.25, -0.2) is 9.07 Å². The van der Waals surface area contributed by atoms with Crippen LogP contribution in [-0.2, 0) is 16.0 Å². The summed E-state index contributed by atoms with van der Waals surface area (Å²) in [5.74, 6) is -0.314. The summed E-state index contributed by atoms with van der Waals surface area (Å²) in [5.41, 5.74) is 4.11. The molecular weight excluding hydrogens is 581 g/mol. The van der Waals surface area contributed by atoms with Crippen molar-refractivity contribution in [3.05, 3.63) is 79.9 Å². The van der Waals surface area contributed by atoms with Crippen LogP contribution in [-0.4, -0.2) is 50.5 Å². The fourth-order valence-electron chi connectivity index (χ4n) is 4.60. The summed E-state index contributed by atoms with van der Waals surface area (Å²) in [5, 5.41) is 9.62. The number of hydrogen-bond acceptors (Lipinski definition) is 4. The fraction of sp³-hybridized carbons (Fsp3) is 0.320. The highest BCUT2D eigenvalue weighted by molar-refractivity contribution is 9.10. The average Bonchev–Trinajstić information content (AvgIpc) is 3.44. The molecule has 1 fully saturated rings. The van der Waals surface area contributed by atoms with Crippen molar-refractivity contribution in [3.63, 3.8) is 0 Å². The quantitative estimate of drug-likeness (QED) is 0.327. The summed E-state index contributed by atoms with van der Waals surface area (Å²) in [6.07, 6.45) is 2.05. The molecule has 0 spiro atoms. The second kappa shape index (κ2) is 9.83. The summed E-state index contributed by atoms with van der Waals surface area (Å²) in [6, 6.07) is 10.3. The maximum absolute atomic E-state index is 14.5. The third-order valence-electron chi connectivity index (χ3n) is 6.54. The van der Waals surface area contributed by atoms with Gasteiger partial charge in [-0.15, -0.1) is 5.10 Å². The number of H-pyrrole nitrogens is 1. The number of morpholine rings is 1. The van der Waals surface area contributed by atoms with Crippen LogP contribution < -0.4 is 0 Å². The zero-order chi connectivity index (χ0) is 24.7. The molecule has 0 radical (unpaired) electrons. The number of benzene rings is 2. The lowest BCUT2D eigenvalue weighted by molar-refractivity contribution is -0.139. The Kier molecular flexibility index (Phi) is 6.78. The number of aromatic amines is 1. The third-order valence-corrected chi connectivity index (χ3v) is 7.52. The van der Waals surface area contributed by atoms with E-state index in [0.717, 1.165) is 26.6 Å². The number of nitrogens with one attached hydrogen (secondary N) is 1. The Bertz CT molecular complexity index is 1400. The first-order valence-electron chi connectivity index (χ1n) is 11.3. The molecular formula is C25H24Br2FN5O2. The van der Waals surface area contributed by atoms with Crippen molar-refractivity contribution in [2.24, 2.45) is 0 Å².